The fourth-order valence-electron chi connectivity index (χ4n) is 2.25. The first-order valence-electron chi connectivity index (χ1n) is 7.35. The summed E-state index contributed by atoms with van der Waals surface area (Å²) >= 11 is 0.757. The van der Waals surface area contributed by atoms with Crippen LogP contribution in [0.15, 0.2) is 23.4 Å². The van der Waals surface area contributed by atoms with Gasteiger partial charge in [-0.1, -0.05) is 17.8 Å². The summed E-state index contributed by atoms with van der Waals surface area (Å²) in [5, 5.41) is 8.87. The highest BCUT2D eigenvalue weighted by atomic mass is 32.2. The lowest BCUT2D eigenvalue weighted by Gasteiger charge is -2.14. The number of hydrogen-bond donors (Lipinski definition) is 2. The quantitative estimate of drug-likeness (QED) is 0.593. The van der Waals surface area contributed by atoms with E-state index in [2.05, 4.69) is 15.5 Å². The molecule has 0 saturated carbocycles. The van der Waals surface area contributed by atoms with Gasteiger partial charge in [0.1, 0.15) is 0 Å². The number of thioether (sulfide) groups is 1. The molecule has 1 aromatic heterocycles. The lowest BCUT2D eigenvalue weighted by atomic mass is 10.1. The van der Waals surface area contributed by atoms with Crippen LogP contribution in [0.1, 0.15) is 24.4 Å². The van der Waals surface area contributed by atoms with Crippen molar-refractivity contribution < 1.29 is 27.4 Å². The molecule has 1 aliphatic heterocycles. The van der Waals surface area contributed by atoms with Gasteiger partial charge in [-0.15, -0.1) is 10.2 Å². The van der Waals surface area contributed by atoms with E-state index in [9.17, 15) is 18.0 Å². The maximum Gasteiger partial charge on any atom is 0.453 e. The number of benzene rings is 1. The van der Waals surface area contributed by atoms with Crippen molar-refractivity contribution in [3.05, 3.63) is 29.6 Å². The van der Waals surface area contributed by atoms with E-state index in [1.54, 1.807) is 25.1 Å². The molecule has 0 fully saturated rings. The Hall–Kier alpha value is -2.63. The van der Waals surface area contributed by atoms with E-state index in [1.165, 1.54) is 0 Å². The summed E-state index contributed by atoms with van der Waals surface area (Å²) in [4.78, 5) is 12.0. The van der Waals surface area contributed by atoms with Crippen LogP contribution in [0.25, 0.3) is 0 Å². The number of hydrogen-bond acceptors (Lipinski definition) is 7. The summed E-state index contributed by atoms with van der Waals surface area (Å²) in [7, 11) is 0. The number of nitrogen functional groups attached to an aromatic ring is 1. The molecule has 3 N–H and O–H groups in total. The smallest absolute Gasteiger partial charge is 0.453 e. The van der Waals surface area contributed by atoms with Crippen molar-refractivity contribution in [1.82, 2.24) is 20.2 Å². The van der Waals surface area contributed by atoms with Gasteiger partial charge in [0.15, 0.2) is 11.5 Å². The van der Waals surface area contributed by atoms with Gasteiger partial charge >= 0.3 is 6.18 Å². The number of carbonyl (C=O) groups excluding carboxylic acids is 1. The Balaban J connectivity index is 1.57. The number of amides is 1. The van der Waals surface area contributed by atoms with Crippen LogP contribution in [0.4, 0.5) is 13.2 Å². The van der Waals surface area contributed by atoms with Crippen molar-refractivity contribution in [2.45, 2.75) is 24.3 Å². The van der Waals surface area contributed by atoms with Crippen molar-refractivity contribution in [3.63, 3.8) is 0 Å². The number of nitrogens with two attached hydrogens (primary N) is 1. The van der Waals surface area contributed by atoms with Gasteiger partial charge in [0.25, 0.3) is 5.82 Å². The first-order valence-corrected chi connectivity index (χ1v) is 8.33. The minimum atomic E-state index is -4.71. The maximum atomic E-state index is 12.6. The Morgan fingerprint density at radius 2 is 2.12 bits per heavy atom. The molecule has 1 atom stereocenters. The third kappa shape index (κ3) is 3.79. The van der Waals surface area contributed by atoms with Crippen LogP contribution in [0.3, 0.4) is 0 Å². The summed E-state index contributed by atoms with van der Waals surface area (Å²) in [5.41, 5.74) is 0.800. The number of nitrogens with one attached hydrogen (secondary N) is 1. The second-order valence-corrected chi connectivity index (χ2v) is 6.31. The number of fused-ring (bicyclic) bond motifs is 1. The lowest BCUT2D eigenvalue weighted by Crippen LogP contribution is -2.28. The van der Waals surface area contributed by atoms with Crippen LogP contribution < -0.4 is 20.6 Å². The summed E-state index contributed by atoms with van der Waals surface area (Å²) in [6.07, 6.45) is -4.71. The molecule has 12 heteroatoms. The molecule has 1 unspecified atom stereocenters. The van der Waals surface area contributed by atoms with Gasteiger partial charge in [0.2, 0.25) is 17.9 Å². The minimum absolute atomic E-state index is 0.149. The Morgan fingerprint density at radius 1 is 1.38 bits per heavy atom. The Morgan fingerprint density at radius 3 is 2.81 bits per heavy atom. The fraction of sp³-hybridized carbons (Fsp3) is 0.357. The van der Waals surface area contributed by atoms with E-state index in [0.717, 1.165) is 17.3 Å². The van der Waals surface area contributed by atoms with Gasteiger partial charge in [0, 0.05) is 0 Å². The molecule has 26 heavy (non-hydrogen) atoms. The molecule has 0 spiro atoms. The van der Waals surface area contributed by atoms with E-state index in [-0.39, 0.29) is 23.7 Å². The number of nitrogens with zero attached hydrogens (tertiary/aromatic N) is 3. The molecule has 2 aromatic rings. The lowest BCUT2D eigenvalue weighted by molar-refractivity contribution is -0.146. The predicted octanol–water partition coefficient (Wildman–Crippen LogP) is 1.71. The first kappa shape index (κ1) is 18.2. The van der Waals surface area contributed by atoms with Crippen molar-refractivity contribution in [2.75, 3.05) is 18.4 Å². The Labute approximate surface area is 149 Å². The van der Waals surface area contributed by atoms with Gasteiger partial charge < -0.3 is 20.6 Å². The molecule has 2 heterocycles. The Bertz CT molecular complexity index is 827. The van der Waals surface area contributed by atoms with Gasteiger partial charge in [-0.05, 0) is 24.6 Å². The van der Waals surface area contributed by atoms with Crippen molar-refractivity contribution in [2.24, 2.45) is 0 Å². The molecular formula is C14H14F3N5O3S. The summed E-state index contributed by atoms with van der Waals surface area (Å²) in [6, 6.07) is 4.95. The van der Waals surface area contributed by atoms with E-state index >= 15 is 0 Å². The molecule has 0 bridgehead atoms. The summed E-state index contributed by atoms with van der Waals surface area (Å²) < 4.78 is 48.6. The van der Waals surface area contributed by atoms with Gasteiger partial charge in [0.05, 0.1) is 11.8 Å². The van der Waals surface area contributed by atoms with E-state index in [0.29, 0.717) is 16.2 Å². The largest absolute Gasteiger partial charge is 0.454 e. The van der Waals surface area contributed by atoms with Crippen LogP contribution in [-0.4, -0.2) is 33.3 Å². The topological polar surface area (TPSA) is 104 Å². The summed E-state index contributed by atoms with van der Waals surface area (Å²) in [6.45, 7) is 1.92. The zero-order chi connectivity index (χ0) is 18.9. The van der Waals surface area contributed by atoms with Crippen molar-refractivity contribution in [1.29, 1.82) is 0 Å². The minimum Gasteiger partial charge on any atom is -0.454 e. The van der Waals surface area contributed by atoms with Crippen LogP contribution in [-0.2, 0) is 11.0 Å². The van der Waals surface area contributed by atoms with Gasteiger partial charge in [-0.3, -0.25) is 4.79 Å². The molecule has 0 aliphatic carbocycles. The molecule has 3 rings (SSSR count). The Kier molecular flexibility index (Phi) is 4.85. The van der Waals surface area contributed by atoms with E-state index in [4.69, 9.17) is 15.3 Å². The zero-order valence-electron chi connectivity index (χ0n) is 13.4. The van der Waals surface area contributed by atoms with E-state index < -0.39 is 17.9 Å². The van der Waals surface area contributed by atoms with Crippen LogP contribution in [0.5, 0.6) is 11.5 Å². The number of rotatable bonds is 5. The van der Waals surface area contributed by atoms with E-state index in [1.807, 2.05) is 0 Å². The maximum absolute atomic E-state index is 12.6. The number of halogens is 3. The SMILES string of the molecule is CC(NC(=O)CSc1nnc(C(F)(F)F)n1N)c1ccc2c(c1)OCO2. The number of carbonyl (C=O) groups is 1. The normalized spacial score (nSPS) is 14.3. The highest BCUT2D eigenvalue weighted by Gasteiger charge is 2.38. The van der Waals surface area contributed by atoms with Crippen molar-refractivity contribution >= 4 is 17.7 Å². The summed E-state index contributed by atoms with van der Waals surface area (Å²) in [5.74, 6) is 4.65. The first-order chi connectivity index (χ1) is 12.3. The van der Waals surface area contributed by atoms with Gasteiger partial charge in [-0.2, -0.15) is 13.2 Å². The molecule has 1 aromatic carbocycles. The highest BCUT2D eigenvalue weighted by Crippen LogP contribution is 2.34. The van der Waals surface area contributed by atoms with Crippen molar-refractivity contribution in [3.8, 4) is 11.5 Å². The fourth-order valence-corrected chi connectivity index (χ4v) is 2.92. The third-order valence-corrected chi connectivity index (χ3v) is 4.47. The molecule has 0 radical (unpaired) electrons. The number of ether oxygens (including phenoxy) is 2. The second kappa shape index (κ2) is 6.94. The monoisotopic (exact) mass is 389 g/mol. The third-order valence-electron chi connectivity index (χ3n) is 3.52. The van der Waals surface area contributed by atoms with Crippen LogP contribution >= 0.6 is 11.8 Å². The second-order valence-electron chi connectivity index (χ2n) is 5.36. The molecule has 1 aliphatic rings. The standard InChI is InChI=1S/C14H14F3N5O3S/c1-7(8-2-3-9-10(4-8)25-6-24-9)19-11(23)5-26-13-21-20-12(22(13)18)14(15,16)17/h2-4,7H,5-6,18H2,1H3,(H,19,23). The van der Waals surface area contributed by atoms with Gasteiger partial charge in [-0.25, -0.2) is 4.68 Å². The van der Waals surface area contributed by atoms with Crippen LogP contribution in [0, 0.1) is 0 Å². The average molecular weight is 389 g/mol. The highest BCUT2D eigenvalue weighted by molar-refractivity contribution is 7.99. The average Bonchev–Trinajstić information content (AvgIpc) is 3.17. The van der Waals surface area contributed by atoms with Crippen LogP contribution in [0.2, 0.25) is 0 Å². The number of alkyl halides is 3. The zero-order valence-corrected chi connectivity index (χ0v) is 14.2. The molecule has 0 saturated heterocycles. The molecule has 1 amide bonds. The molecule has 8 nitrogen and oxygen atoms in total. The molecular weight excluding hydrogens is 375 g/mol. The number of aromatic nitrogens is 3. The predicted molar refractivity (Wildman–Crippen MR) is 85.0 cm³/mol. The molecule has 140 valence electrons.